The molecule has 8 nitrogen and oxygen atoms in total. The number of aromatic amines is 2. The molecule has 2 aromatic heterocycles. The lowest BCUT2D eigenvalue weighted by Gasteiger charge is -2.25. The van der Waals surface area contributed by atoms with Crippen LogP contribution in [0, 0.1) is 5.92 Å². The highest BCUT2D eigenvalue weighted by Gasteiger charge is 2.30. The van der Waals surface area contributed by atoms with Gasteiger partial charge in [-0.2, -0.15) is 5.10 Å². The number of nitrogens with zero attached hydrogens (tertiary/aromatic N) is 3. The summed E-state index contributed by atoms with van der Waals surface area (Å²) in [5.41, 5.74) is 4.20. The normalized spacial score (nSPS) is 22.2. The van der Waals surface area contributed by atoms with E-state index in [4.69, 9.17) is 0 Å². The number of nitrogens with one attached hydrogen (secondary N) is 3. The van der Waals surface area contributed by atoms with Gasteiger partial charge < -0.3 is 20.1 Å². The molecule has 0 bridgehead atoms. The van der Waals surface area contributed by atoms with Gasteiger partial charge >= 0.3 is 0 Å². The first-order valence-corrected chi connectivity index (χ1v) is 10.9. The van der Waals surface area contributed by atoms with Crippen molar-refractivity contribution in [1.82, 2.24) is 30.3 Å². The maximum Gasteiger partial charge on any atom is 0.253 e. The van der Waals surface area contributed by atoms with Crippen molar-refractivity contribution >= 4 is 11.8 Å². The van der Waals surface area contributed by atoms with E-state index in [1.54, 1.807) is 18.5 Å². The van der Waals surface area contributed by atoms with Crippen molar-refractivity contribution in [2.45, 2.75) is 51.1 Å². The average molecular weight is 413 g/mol. The number of aryl methyl sites for hydroxylation is 1. The first-order valence-electron chi connectivity index (χ1n) is 10.9. The summed E-state index contributed by atoms with van der Waals surface area (Å²) in [5.74, 6) is 0.0239. The Kier molecular flexibility index (Phi) is 6.22. The smallest absolute Gasteiger partial charge is 0.253 e. The lowest BCUT2D eigenvalue weighted by molar-refractivity contribution is -0.135. The Morgan fingerprint density at radius 2 is 2.10 bits per heavy atom. The fourth-order valence-electron chi connectivity index (χ4n) is 4.76. The molecule has 0 saturated carbocycles. The van der Waals surface area contributed by atoms with Gasteiger partial charge in [-0.3, -0.25) is 14.7 Å². The Bertz CT molecular complexity index is 874. The van der Waals surface area contributed by atoms with Crippen LogP contribution in [-0.2, 0) is 24.2 Å². The Morgan fingerprint density at radius 3 is 2.90 bits per heavy atom. The third-order valence-corrected chi connectivity index (χ3v) is 6.38. The van der Waals surface area contributed by atoms with Crippen LogP contribution in [0.25, 0.3) is 0 Å². The molecule has 0 aromatic carbocycles. The predicted octanol–water partition coefficient (Wildman–Crippen LogP) is 1.72. The largest absolute Gasteiger partial charge is 0.367 e. The van der Waals surface area contributed by atoms with E-state index in [0.29, 0.717) is 18.7 Å². The number of H-pyrrole nitrogens is 2. The molecule has 1 saturated heterocycles. The second-order valence-electron chi connectivity index (χ2n) is 8.79. The quantitative estimate of drug-likeness (QED) is 0.697. The zero-order chi connectivity index (χ0) is 21.1. The van der Waals surface area contributed by atoms with E-state index in [0.717, 1.165) is 37.9 Å². The van der Waals surface area contributed by atoms with Gasteiger partial charge in [0.1, 0.15) is 0 Å². The van der Waals surface area contributed by atoms with E-state index in [1.165, 1.54) is 24.1 Å². The summed E-state index contributed by atoms with van der Waals surface area (Å²) in [7, 11) is 3.90. The van der Waals surface area contributed by atoms with Gasteiger partial charge in [-0.15, -0.1) is 0 Å². The molecule has 1 aliphatic heterocycles. The first kappa shape index (κ1) is 20.7. The van der Waals surface area contributed by atoms with Crippen LogP contribution in [0.5, 0.6) is 0 Å². The molecule has 0 unspecified atom stereocenters. The number of likely N-dealkylation sites (N-methyl/N-ethyl adjacent to an activating group) is 1. The number of fused-ring (bicyclic) bond motifs is 1. The number of amides is 2. The summed E-state index contributed by atoms with van der Waals surface area (Å²) in [4.78, 5) is 32.4. The molecule has 2 amide bonds. The number of hydrogen-bond acceptors (Lipinski definition) is 4. The zero-order valence-corrected chi connectivity index (χ0v) is 17.9. The summed E-state index contributed by atoms with van der Waals surface area (Å²) < 4.78 is 0. The predicted molar refractivity (Wildman–Crippen MR) is 114 cm³/mol. The minimum Gasteiger partial charge on any atom is -0.367 e. The first-order chi connectivity index (χ1) is 14.5. The van der Waals surface area contributed by atoms with Gasteiger partial charge in [0, 0.05) is 44.3 Å². The van der Waals surface area contributed by atoms with E-state index in [9.17, 15) is 9.59 Å². The minimum absolute atomic E-state index is 0.0406. The van der Waals surface area contributed by atoms with Crippen molar-refractivity contribution in [3.8, 4) is 0 Å². The molecule has 162 valence electrons. The van der Waals surface area contributed by atoms with Crippen LogP contribution < -0.4 is 5.32 Å². The van der Waals surface area contributed by atoms with Gasteiger partial charge in [0.2, 0.25) is 5.91 Å². The molecule has 30 heavy (non-hydrogen) atoms. The van der Waals surface area contributed by atoms with E-state index in [-0.39, 0.29) is 23.8 Å². The summed E-state index contributed by atoms with van der Waals surface area (Å²) in [6.45, 7) is 2.01. The lowest BCUT2D eigenvalue weighted by Crippen LogP contribution is -2.42. The average Bonchev–Trinajstić information content (AvgIpc) is 3.37. The van der Waals surface area contributed by atoms with Crippen molar-refractivity contribution in [2.75, 3.05) is 27.2 Å². The standard InChI is InChI=1S/C22H32N6O2/c1-27-12-16(7-8-17(13-27)24-21(29)15-9-10-23-11-15)22(30)28(2)14-20-18-5-3-4-6-19(18)25-26-20/h9-11,16-17,23H,3-8,12-14H2,1-2H3,(H,24,29)(H,25,26)/t16-,17+/m1/s1. The van der Waals surface area contributed by atoms with E-state index >= 15 is 0 Å². The third-order valence-electron chi connectivity index (χ3n) is 6.38. The molecular weight excluding hydrogens is 380 g/mol. The van der Waals surface area contributed by atoms with E-state index in [2.05, 4.69) is 25.4 Å². The summed E-state index contributed by atoms with van der Waals surface area (Å²) in [6, 6.07) is 1.81. The van der Waals surface area contributed by atoms with Crippen LogP contribution in [0.4, 0.5) is 0 Å². The maximum atomic E-state index is 13.2. The Balaban J connectivity index is 1.35. The third kappa shape index (κ3) is 4.59. The van der Waals surface area contributed by atoms with Gasteiger partial charge in [-0.25, -0.2) is 0 Å². The number of rotatable bonds is 5. The molecule has 3 N–H and O–H groups in total. The van der Waals surface area contributed by atoms with Gasteiger partial charge in [0.05, 0.1) is 23.7 Å². The lowest BCUT2D eigenvalue weighted by atomic mass is 9.95. The minimum atomic E-state index is -0.0696. The van der Waals surface area contributed by atoms with E-state index in [1.807, 2.05) is 19.0 Å². The van der Waals surface area contributed by atoms with Gasteiger partial charge in [-0.1, -0.05) is 0 Å². The van der Waals surface area contributed by atoms with Crippen LogP contribution >= 0.6 is 0 Å². The van der Waals surface area contributed by atoms with Crippen LogP contribution in [0.1, 0.15) is 53.0 Å². The highest BCUT2D eigenvalue weighted by molar-refractivity contribution is 5.94. The molecule has 2 aromatic rings. The fourth-order valence-corrected chi connectivity index (χ4v) is 4.76. The Hall–Kier alpha value is -2.61. The summed E-state index contributed by atoms with van der Waals surface area (Å²) in [5, 5.41) is 10.8. The van der Waals surface area contributed by atoms with Crippen molar-refractivity contribution in [3.05, 3.63) is 41.0 Å². The fraction of sp³-hybridized carbons (Fsp3) is 0.591. The molecule has 8 heteroatoms. The molecule has 1 aliphatic carbocycles. The number of likely N-dealkylation sites (tertiary alicyclic amines) is 1. The molecular formula is C22H32N6O2. The highest BCUT2D eigenvalue weighted by atomic mass is 16.2. The second-order valence-corrected chi connectivity index (χ2v) is 8.79. The van der Waals surface area contributed by atoms with Crippen molar-refractivity contribution in [2.24, 2.45) is 5.92 Å². The van der Waals surface area contributed by atoms with Gasteiger partial charge in [-0.05, 0) is 57.2 Å². The SMILES string of the molecule is CN1C[C@@H](NC(=O)c2cc[nH]c2)CC[C@@H](C(=O)N(C)Cc2n[nH]c3c2CCCC3)C1. The monoisotopic (exact) mass is 412 g/mol. The molecule has 2 atom stereocenters. The number of carbonyl (C=O) groups is 2. The summed E-state index contributed by atoms with van der Waals surface area (Å²) in [6.07, 6.45) is 9.52. The van der Waals surface area contributed by atoms with Crippen LogP contribution in [0.3, 0.4) is 0 Å². The van der Waals surface area contributed by atoms with E-state index < -0.39 is 0 Å². The topological polar surface area (TPSA) is 97.1 Å². The van der Waals surface area contributed by atoms with Crippen LogP contribution in [-0.4, -0.2) is 70.0 Å². The van der Waals surface area contributed by atoms with Gasteiger partial charge in [0.25, 0.3) is 5.91 Å². The van der Waals surface area contributed by atoms with Crippen molar-refractivity contribution in [3.63, 3.8) is 0 Å². The second kappa shape index (κ2) is 9.04. The Labute approximate surface area is 177 Å². The van der Waals surface area contributed by atoms with Crippen LogP contribution in [0.2, 0.25) is 0 Å². The molecule has 2 aliphatic rings. The number of carbonyl (C=O) groups excluding carboxylic acids is 2. The number of hydrogen-bond donors (Lipinski definition) is 3. The summed E-state index contributed by atoms with van der Waals surface area (Å²) >= 11 is 0. The molecule has 1 fully saturated rings. The molecule has 0 radical (unpaired) electrons. The number of aromatic nitrogens is 3. The van der Waals surface area contributed by atoms with Crippen molar-refractivity contribution in [1.29, 1.82) is 0 Å². The molecule has 3 heterocycles. The van der Waals surface area contributed by atoms with Gasteiger partial charge in [0.15, 0.2) is 0 Å². The molecule has 4 rings (SSSR count). The molecule has 0 spiro atoms. The van der Waals surface area contributed by atoms with Crippen molar-refractivity contribution < 1.29 is 9.59 Å². The van der Waals surface area contributed by atoms with Crippen LogP contribution in [0.15, 0.2) is 18.5 Å². The maximum absolute atomic E-state index is 13.2. The Morgan fingerprint density at radius 1 is 1.27 bits per heavy atom. The highest BCUT2D eigenvalue weighted by Crippen LogP contribution is 2.24. The zero-order valence-electron chi connectivity index (χ0n) is 17.9.